The Bertz CT molecular complexity index is 107. The molecule has 0 aromatic rings. The van der Waals surface area contributed by atoms with Crippen LogP contribution in [0.15, 0.2) is 0 Å². The molecule has 60 valence electrons. The van der Waals surface area contributed by atoms with Crippen LogP contribution < -0.4 is 0 Å². The molecule has 3 heteroatoms. The molecule has 0 aromatic heterocycles. The summed E-state index contributed by atoms with van der Waals surface area (Å²) in [5.41, 5.74) is 0. The van der Waals surface area contributed by atoms with E-state index in [0.717, 1.165) is 13.0 Å². The van der Waals surface area contributed by atoms with Gasteiger partial charge in [-0.2, -0.15) is 0 Å². The Labute approximate surface area is 63.1 Å². The van der Waals surface area contributed by atoms with Gasteiger partial charge in [0.1, 0.15) is 0 Å². The maximum absolute atomic E-state index is 7.44. The highest BCUT2D eigenvalue weighted by atomic mass is 15.1. The lowest BCUT2D eigenvalue weighted by Gasteiger charge is -2.15. The largest absolute Gasteiger partial charge is 0.367 e. The molecule has 0 heterocycles. The Kier molecular flexibility index (Phi) is 4.03. The number of hydrogen-bond acceptors (Lipinski definition) is 2. The molecule has 1 N–H and O–H groups in total. The topological polar surface area (TPSA) is 30.3 Å². The number of nitrogens with one attached hydrogen (secondary N) is 1. The van der Waals surface area contributed by atoms with Crippen LogP contribution in [0.25, 0.3) is 0 Å². The molecule has 0 spiro atoms. The first kappa shape index (κ1) is 9.43. The Morgan fingerprint density at radius 1 is 1.20 bits per heavy atom. The maximum Gasteiger partial charge on any atom is 0.0965 e. The molecule has 0 aliphatic rings. The molecule has 0 saturated carbocycles. The van der Waals surface area contributed by atoms with E-state index in [1.807, 2.05) is 33.1 Å². The lowest BCUT2D eigenvalue weighted by molar-refractivity contribution is 0.413. The van der Waals surface area contributed by atoms with Crippen LogP contribution in [0, 0.1) is 5.41 Å². The van der Waals surface area contributed by atoms with Crippen LogP contribution in [0.3, 0.4) is 0 Å². The van der Waals surface area contributed by atoms with Gasteiger partial charge in [-0.25, -0.2) is 0 Å². The SMILES string of the molecule is CN(C)CCC(=N)N(C)C. The summed E-state index contributed by atoms with van der Waals surface area (Å²) in [7, 11) is 7.84. The van der Waals surface area contributed by atoms with Gasteiger partial charge in [-0.1, -0.05) is 0 Å². The molecule has 0 radical (unpaired) electrons. The van der Waals surface area contributed by atoms with Crippen molar-refractivity contribution in [2.45, 2.75) is 6.42 Å². The quantitative estimate of drug-likeness (QED) is 0.460. The fourth-order valence-corrected chi connectivity index (χ4v) is 0.553. The molecule has 10 heavy (non-hydrogen) atoms. The minimum Gasteiger partial charge on any atom is -0.367 e. The summed E-state index contributed by atoms with van der Waals surface area (Å²) in [6.45, 7) is 0.955. The Morgan fingerprint density at radius 2 is 1.70 bits per heavy atom. The van der Waals surface area contributed by atoms with E-state index in [1.165, 1.54) is 0 Å². The van der Waals surface area contributed by atoms with Crippen molar-refractivity contribution in [1.29, 1.82) is 5.41 Å². The fourth-order valence-electron chi connectivity index (χ4n) is 0.553. The molecular formula is C7H17N3. The standard InChI is InChI=1S/C7H17N3/c1-9(2)6-5-7(8)10(3)4/h8H,5-6H2,1-4H3. The van der Waals surface area contributed by atoms with Crippen molar-refractivity contribution in [2.24, 2.45) is 0 Å². The number of hydrogen-bond donors (Lipinski definition) is 1. The van der Waals surface area contributed by atoms with Gasteiger partial charge in [-0.3, -0.25) is 5.41 Å². The molecule has 0 atom stereocenters. The molecule has 0 rings (SSSR count). The fraction of sp³-hybridized carbons (Fsp3) is 0.857. The van der Waals surface area contributed by atoms with Crippen LogP contribution in [-0.2, 0) is 0 Å². The molecule has 0 unspecified atom stereocenters. The van der Waals surface area contributed by atoms with Crippen LogP contribution in [-0.4, -0.2) is 50.4 Å². The molecule has 0 aromatic carbocycles. The van der Waals surface area contributed by atoms with Crippen molar-refractivity contribution in [2.75, 3.05) is 34.7 Å². The van der Waals surface area contributed by atoms with Crippen molar-refractivity contribution in [3.63, 3.8) is 0 Å². The van der Waals surface area contributed by atoms with Crippen LogP contribution in [0.1, 0.15) is 6.42 Å². The van der Waals surface area contributed by atoms with Gasteiger partial charge in [0, 0.05) is 27.1 Å². The first-order chi connectivity index (χ1) is 4.54. The summed E-state index contributed by atoms with van der Waals surface area (Å²) in [5, 5.41) is 7.44. The van der Waals surface area contributed by atoms with E-state index in [1.54, 1.807) is 0 Å². The van der Waals surface area contributed by atoms with Gasteiger partial charge in [0.15, 0.2) is 0 Å². The average Bonchev–Trinajstić information content (AvgIpc) is 1.82. The molecule has 0 aliphatic carbocycles. The molecule has 0 fully saturated rings. The van der Waals surface area contributed by atoms with E-state index in [0.29, 0.717) is 5.84 Å². The second-order valence-corrected chi connectivity index (χ2v) is 2.89. The second kappa shape index (κ2) is 4.28. The van der Waals surface area contributed by atoms with Gasteiger partial charge >= 0.3 is 0 Å². The highest BCUT2D eigenvalue weighted by Crippen LogP contribution is 1.88. The van der Waals surface area contributed by atoms with Crippen molar-refractivity contribution < 1.29 is 0 Å². The summed E-state index contributed by atoms with van der Waals surface area (Å²) in [6, 6.07) is 0. The number of amidine groups is 1. The van der Waals surface area contributed by atoms with Gasteiger partial charge in [0.05, 0.1) is 5.84 Å². The van der Waals surface area contributed by atoms with Crippen molar-refractivity contribution in [3.8, 4) is 0 Å². The molecule has 0 amide bonds. The van der Waals surface area contributed by atoms with Crippen molar-refractivity contribution in [1.82, 2.24) is 9.80 Å². The van der Waals surface area contributed by atoms with Crippen LogP contribution in [0.5, 0.6) is 0 Å². The Balaban J connectivity index is 3.40. The number of nitrogens with zero attached hydrogens (tertiary/aromatic N) is 2. The molecule has 0 aliphatic heterocycles. The smallest absolute Gasteiger partial charge is 0.0965 e. The normalized spacial score (nSPS) is 10.1. The van der Waals surface area contributed by atoms with Crippen molar-refractivity contribution >= 4 is 5.84 Å². The van der Waals surface area contributed by atoms with E-state index in [4.69, 9.17) is 5.41 Å². The van der Waals surface area contributed by atoms with Crippen LogP contribution in [0.4, 0.5) is 0 Å². The maximum atomic E-state index is 7.44. The lowest BCUT2D eigenvalue weighted by Crippen LogP contribution is -2.25. The first-order valence-electron chi connectivity index (χ1n) is 3.43. The average molecular weight is 143 g/mol. The second-order valence-electron chi connectivity index (χ2n) is 2.89. The third kappa shape index (κ3) is 4.32. The third-order valence-electron chi connectivity index (χ3n) is 1.34. The summed E-state index contributed by atoms with van der Waals surface area (Å²) in [4.78, 5) is 3.92. The van der Waals surface area contributed by atoms with E-state index < -0.39 is 0 Å². The van der Waals surface area contributed by atoms with Gasteiger partial charge in [-0.05, 0) is 14.1 Å². The summed E-state index contributed by atoms with van der Waals surface area (Å²) >= 11 is 0. The minimum absolute atomic E-state index is 0.689. The van der Waals surface area contributed by atoms with Gasteiger partial charge < -0.3 is 9.80 Å². The van der Waals surface area contributed by atoms with Gasteiger partial charge in [-0.15, -0.1) is 0 Å². The predicted molar refractivity (Wildman–Crippen MR) is 44.6 cm³/mol. The minimum atomic E-state index is 0.689. The Morgan fingerprint density at radius 3 is 2.00 bits per heavy atom. The summed E-state index contributed by atoms with van der Waals surface area (Å²) < 4.78 is 0. The van der Waals surface area contributed by atoms with Crippen molar-refractivity contribution in [3.05, 3.63) is 0 Å². The van der Waals surface area contributed by atoms with E-state index >= 15 is 0 Å². The number of rotatable bonds is 3. The van der Waals surface area contributed by atoms with E-state index in [-0.39, 0.29) is 0 Å². The first-order valence-corrected chi connectivity index (χ1v) is 3.43. The van der Waals surface area contributed by atoms with Gasteiger partial charge in [0.2, 0.25) is 0 Å². The zero-order valence-corrected chi connectivity index (χ0v) is 7.31. The summed E-state index contributed by atoms with van der Waals surface area (Å²) in [5.74, 6) is 0.689. The molecule has 3 nitrogen and oxygen atoms in total. The molecule has 0 bridgehead atoms. The molecular weight excluding hydrogens is 126 g/mol. The van der Waals surface area contributed by atoms with E-state index in [9.17, 15) is 0 Å². The third-order valence-corrected chi connectivity index (χ3v) is 1.34. The predicted octanol–water partition coefficient (Wildman–Crippen LogP) is 0.477. The van der Waals surface area contributed by atoms with Crippen LogP contribution in [0.2, 0.25) is 0 Å². The lowest BCUT2D eigenvalue weighted by atomic mass is 10.3. The highest BCUT2D eigenvalue weighted by Gasteiger charge is 1.98. The Hall–Kier alpha value is -0.570. The van der Waals surface area contributed by atoms with Crippen LogP contribution >= 0.6 is 0 Å². The zero-order valence-electron chi connectivity index (χ0n) is 7.31. The monoisotopic (exact) mass is 143 g/mol. The summed E-state index contributed by atoms with van der Waals surface area (Å²) in [6.07, 6.45) is 0.833. The molecule has 0 saturated heterocycles. The zero-order chi connectivity index (χ0) is 8.15. The van der Waals surface area contributed by atoms with Gasteiger partial charge in [0.25, 0.3) is 0 Å². The van der Waals surface area contributed by atoms with E-state index in [2.05, 4.69) is 4.90 Å². The highest BCUT2D eigenvalue weighted by molar-refractivity contribution is 5.78.